The number of nitrogens with one attached hydrogen (secondary N) is 1. The minimum Gasteiger partial charge on any atom is -0.378 e. The van der Waals surface area contributed by atoms with E-state index in [-0.39, 0.29) is 4.90 Å². The van der Waals surface area contributed by atoms with Crippen molar-refractivity contribution < 1.29 is 17.9 Å². The Morgan fingerprint density at radius 1 is 0.931 bits per heavy atom. The van der Waals surface area contributed by atoms with Crippen LogP contribution in [0.15, 0.2) is 59.5 Å². The lowest BCUT2D eigenvalue weighted by molar-refractivity contribution is -0.118. The zero-order valence-electron chi connectivity index (χ0n) is 16.3. The Bertz CT molecular complexity index is 946. The maximum absolute atomic E-state index is 13.4. The van der Waals surface area contributed by atoms with Gasteiger partial charge < -0.3 is 15.0 Å². The quantitative estimate of drug-likeness (QED) is 0.813. The van der Waals surface area contributed by atoms with Gasteiger partial charge in [0.1, 0.15) is 0 Å². The number of anilines is 2. The number of nitrogens with zero attached hydrogens (tertiary/aromatic N) is 1. The molecule has 1 aliphatic heterocycles. The first-order chi connectivity index (χ1) is 14.0. The maximum atomic E-state index is 13.4. The van der Waals surface area contributed by atoms with Crippen molar-refractivity contribution in [3.8, 4) is 0 Å². The summed E-state index contributed by atoms with van der Waals surface area (Å²) >= 11 is 0. The van der Waals surface area contributed by atoms with Crippen LogP contribution in [0.3, 0.4) is 0 Å². The lowest BCUT2D eigenvalue weighted by Gasteiger charge is -2.29. The second kappa shape index (κ2) is 8.16. The summed E-state index contributed by atoms with van der Waals surface area (Å²) in [6.45, 7) is 3.09. The summed E-state index contributed by atoms with van der Waals surface area (Å²) in [5.41, 5.74) is 1.68. The lowest BCUT2D eigenvalue weighted by atomic mass is 10.1. The molecule has 0 aromatic heterocycles. The van der Waals surface area contributed by atoms with Crippen molar-refractivity contribution in [1.82, 2.24) is 0 Å². The van der Waals surface area contributed by atoms with Crippen molar-refractivity contribution in [3.63, 3.8) is 0 Å². The Kier molecular flexibility index (Phi) is 5.61. The van der Waals surface area contributed by atoms with Gasteiger partial charge in [0.15, 0.2) is 14.6 Å². The molecule has 29 heavy (non-hydrogen) atoms. The Balaban J connectivity index is 1.55. The molecular formula is C22H26N2O4S. The van der Waals surface area contributed by atoms with Gasteiger partial charge in [-0.3, -0.25) is 4.79 Å². The number of rotatable bonds is 5. The summed E-state index contributed by atoms with van der Waals surface area (Å²) in [5.74, 6) is -0.432. The van der Waals surface area contributed by atoms with E-state index in [1.165, 1.54) is 0 Å². The molecule has 1 saturated heterocycles. The van der Waals surface area contributed by atoms with Crippen molar-refractivity contribution in [1.29, 1.82) is 0 Å². The molecular weight excluding hydrogens is 388 g/mol. The van der Waals surface area contributed by atoms with Gasteiger partial charge in [0.05, 0.1) is 18.1 Å². The molecule has 0 atom stereocenters. The van der Waals surface area contributed by atoms with E-state index < -0.39 is 20.5 Å². The highest BCUT2D eigenvalue weighted by molar-refractivity contribution is 7.93. The summed E-state index contributed by atoms with van der Waals surface area (Å²) in [7, 11) is -3.78. The Hall–Kier alpha value is -2.38. The molecule has 1 heterocycles. The topological polar surface area (TPSA) is 75.7 Å². The molecule has 1 amide bonds. The SMILES string of the molecule is O=C(Nc1ccc(N2CCOCC2)cc1)C1(S(=O)(=O)c2ccccc2)CCCC1. The van der Waals surface area contributed by atoms with Gasteiger partial charge in [-0.2, -0.15) is 0 Å². The first-order valence-electron chi connectivity index (χ1n) is 10.1. The van der Waals surface area contributed by atoms with Crippen LogP contribution in [-0.4, -0.2) is 45.4 Å². The lowest BCUT2D eigenvalue weighted by Crippen LogP contribution is -2.47. The highest BCUT2D eigenvalue weighted by Crippen LogP contribution is 2.41. The summed E-state index contributed by atoms with van der Waals surface area (Å²) in [5, 5.41) is 2.87. The number of benzene rings is 2. The predicted molar refractivity (Wildman–Crippen MR) is 113 cm³/mol. The van der Waals surface area contributed by atoms with Gasteiger partial charge in [-0.25, -0.2) is 8.42 Å². The van der Waals surface area contributed by atoms with Gasteiger partial charge in [0, 0.05) is 24.5 Å². The van der Waals surface area contributed by atoms with Crippen LogP contribution in [0.4, 0.5) is 11.4 Å². The number of hydrogen-bond donors (Lipinski definition) is 1. The Labute approximate surface area is 171 Å². The van der Waals surface area contributed by atoms with E-state index in [1.54, 1.807) is 30.3 Å². The smallest absolute Gasteiger partial charge is 0.246 e. The number of hydrogen-bond acceptors (Lipinski definition) is 5. The zero-order chi connectivity index (χ0) is 20.3. The molecule has 7 heteroatoms. The van der Waals surface area contributed by atoms with E-state index in [2.05, 4.69) is 10.2 Å². The van der Waals surface area contributed by atoms with Crippen molar-refractivity contribution in [2.45, 2.75) is 35.3 Å². The average Bonchev–Trinajstić information content (AvgIpc) is 3.28. The van der Waals surface area contributed by atoms with Crippen molar-refractivity contribution >= 4 is 27.1 Å². The van der Waals surface area contributed by atoms with E-state index in [1.807, 2.05) is 24.3 Å². The van der Waals surface area contributed by atoms with Crippen LogP contribution < -0.4 is 10.2 Å². The van der Waals surface area contributed by atoms with Crippen LogP contribution in [0.1, 0.15) is 25.7 Å². The van der Waals surface area contributed by atoms with E-state index >= 15 is 0 Å². The van der Waals surface area contributed by atoms with E-state index in [0.717, 1.165) is 31.6 Å². The number of carbonyl (C=O) groups excluding carboxylic acids is 1. The van der Waals surface area contributed by atoms with Gasteiger partial charge in [-0.15, -0.1) is 0 Å². The van der Waals surface area contributed by atoms with Gasteiger partial charge in [0.2, 0.25) is 5.91 Å². The normalized spacial score (nSPS) is 19.1. The standard InChI is InChI=1S/C22H26N2O4S/c25-21(23-18-8-10-19(11-9-18)24-14-16-28-17-15-24)22(12-4-5-13-22)29(26,27)20-6-2-1-3-7-20/h1-3,6-11H,4-5,12-17H2,(H,23,25). The third-order valence-electron chi connectivity index (χ3n) is 5.89. The average molecular weight is 415 g/mol. The molecule has 154 valence electrons. The first kappa shape index (κ1) is 19.9. The van der Waals surface area contributed by atoms with Crippen LogP contribution in [-0.2, 0) is 19.4 Å². The number of carbonyl (C=O) groups is 1. The highest BCUT2D eigenvalue weighted by atomic mass is 32.2. The molecule has 6 nitrogen and oxygen atoms in total. The molecule has 2 aliphatic rings. The fourth-order valence-electron chi connectivity index (χ4n) is 4.21. The van der Waals surface area contributed by atoms with Crippen LogP contribution in [0.2, 0.25) is 0 Å². The fourth-order valence-corrected chi connectivity index (χ4v) is 6.30. The number of morpholine rings is 1. The van der Waals surface area contributed by atoms with Gasteiger partial charge in [0.25, 0.3) is 0 Å². The van der Waals surface area contributed by atoms with Crippen LogP contribution in [0, 0.1) is 0 Å². The van der Waals surface area contributed by atoms with Gasteiger partial charge in [-0.05, 0) is 49.2 Å². The molecule has 0 spiro atoms. The molecule has 1 saturated carbocycles. The second-order valence-electron chi connectivity index (χ2n) is 7.62. The molecule has 4 rings (SSSR count). The Morgan fingerprint density at radius 3 is 2.17 bits per heavy atom. The number of amides is 1. The number of ether oxygens (including phenoxy) is 1. The van der Waals surface area contributed by atoms with Gasteiger partial charge >= 0.3 is 0 Å². The largest absolute Gasteiger partial charge is 0.378 e. The van der Waals surface area contributed by atoms with Crippen LogP contribution in [0.5, 0.6) is 0 Å². The fraction of sp³-hybridized carbons (Fsp3) is 0.409. The zero-order valence-corrected chi connectivity index (χ0v) is 17.2. The first-order valence-corrected chi connectivity index (χ1v) is 11.6. The monoisotopic (exact) mass is 414 g/mol. The predicted octanol–water partition coefficient (Wildman–Crippen LogP) is 3.25. The molecule has 0 bridgehead atoms. The minimum atomic E-state index is -3.78. The maximum Gasteiger partial charge on any atom is 0.246 e. The van der Waals surface area contributed by atoms with Crippen LogP contribution in [0.25, 0.3) is 0 Å². The third kappa shape index (κ3) is 3.76. The van der Waals surface area contributed by atoms with E-state index in [9.17, 15) is 13.2 Å². The second-order valence-corrected chi connectivity index (χ2v) is 9.88. The molecule has 1 aliphatic carbocycles. The summed E-state index contributed by atoms with van der Waals surface area (Å²) < 4.78 is 30.7. The van der Waals surface area contributed by atoms with Crippen LogP contribution >= 0.6 is 0 Å². The molecule has 2 fully saturated rings. The van der Waals surface area contributed by atoms with Gasteiger partial charge in [-0.1, -0.05) is 31.0 Å². The van der Waals surface area contributed by atoms with E-state index in [0.29, 0.717) is 31.7 Å². The van der Waals surface area contributed by atoms with Crippen molar-refractivity contribution in [2.75, 3.05) is 36.5 Å². The van der Waals surface area contributed by atoms with Crippen molar-refractivity contribution in [3.05, 3.63) is 54.6 Å². The third-order valence-corrected chi connectivity index (χ3v) is 8.41. The van der Waals surface area contributed by atoms with Crippen molar-refractivity contribution in [2.24, 2.45) is 0 Å². The van der Waals surface area contributed by atoms with E-state index in [4.69, 9.17) is 4.74 Å². The molecule has 2 aromatic carbocycles. The molecule has 0 unspecified atom stereocenters. The summed E-state index contributed by atoms with van der Waals surface area (Å²) in [6, 6.07) is 15.9. The minimum absolute atomic E-state index is 0.208. The highest BCUT2D eigenvalue weighted by Gasteiger charge is 2.52. The molecule has 2 aromatic rings. The summed E-state index contributed by atoms with van der Waals surface area (Å²) in [4.78, 5) is 15.7. The molecule has 1 N–H and O–H groups in total. The number of sulfone groups is 1. The summed E-state index contributed by atoms with van der Waals surface area (Å²) in [6.07, 6.45) is 2.16. The Morgan fingerprint density at radius 2 is 1.55 bits per heavy atom. The molecule has 0 radical (unpaired) electrons.